The molecule has 1 heterocycles. The smallest absolute Gasteiger partial charge is 0.123 e. The first-order chi connectivity index (χ1) is 8.15. The third kappa shape index (κ3) is 3.30. The second kappa shape index (κ2) is 5.32. The van der Waals surface area contributed by atoms with Gasteiger partial charge in [0.2, 0.25) is 0 Å². The van der Waals surface area contributed by atoms with Crippen LogP contribution in [0.4, 0.5) is 4.39 Å². The highest BCUT2D eigenvalue weighted by atomic mass is 19.1. The Bertz CT molecular complexity index is 378. The Morgan fingerprint density at radius 2 is 1.88 bits per heavy atom. The van der Waals surface area contributed by atoms with Crippen molar-refractivity contribution in [2.45, 2.75) is 25.3 Å². The number of benzene rings is 1. The minimum absolute atomic E-state index is 0.191. The summed E-state index contributed by atoms with van der Waals surface area (Å²) in [6.45, 7) is 6.09. The Kier molecular flexibility index (Phi) is 3.79. The summed E-state index contributed by atoms with van der Waals surface area (Å²) in [5.41, 5.74) is 8.07. The van der Waals surface area contributed by atoms with Gasteiger partial charge in [0.1, 0.15) is 5.82 Å². The molecular formula is C14H19FN2. The molecule has 2 N–H and O–H groups in total. The van der Waals surface area contributed by atoms with Gasteiger partial charge in [0.25, 0.3) is 0 Å². The number of piperidine rings is 1. The largest absolute Gasteiger partial charge is 0.375 e. The molecule has 1 aromatic carbocycles. The van der Waals surface area contributed by atoms with Gasteiger partial charge in [-0.05, 0) is 30.5 Å². The van der Waals surface area contributed by atoms with Gasteiger partial charge in [-0.1, -0.05) is 18.7 Å². The number of hydrogen-bond acceptors (Lipinski definition) is 2. The Morgan fingerprint density at radius 3 is 2.47 bits per heavy atom. The van der Waals surface area contributed by atoms with Gasteiger partial charge >= 0.3 is 0 Å². The van der Waals surface area contributed by atoms with Crippen molar-refractivity contribution in [2.75, 3.05) is 13.1 Å². The van der Waals surface area contributed by atoms with E-state index >= 15 is 0 Å². The molecule has 2 rings (SSSR count). The lowest BCUT2D eigenvalue weighted by Crippen LogP contribution is -2.39. The third-order valence-corrected chi connectivity index (χ3v) is 3.31. The highest BCUT2D eigenvalue weighted by Crippen LogP contribution is 2.17. The monoisotopic (exact) mass is 234 g/mol. The number of nitrogens with two attached hydrogens (primary N) is 1. The van der Waals surface area contributed by atoms with Crippen LogP contribution < -0.4 is 5.73 Å². The molecule has 1 aliphatic heterocycles. The number of likely N-dealkylation sites (tertiary alicyclic amines) is 1. The van der Waals surface area contributed by atoms with E-state index in [1.165, 1.54) is 12.1 Å². The summed E-state index contributed by atoms with van der Waals surface area (Å²) in [5.74, 6) is -0.191. The summed E-state index contributed by atoms with van der Waals surface area (Å²) in [5, 5.41) is 0. The van der Waals surface area contributed by atoms with Crippen LogP contribution in [0.1, 0.15) is 18.4 Å². The van der Waals surface area contributed by atoms with Crippen LogP contribution in [0.5, 0.6) is 0 Å². The topological polar surface area (TPSA) is 29.3 Å². The number of allylic oxidation sites excluding steroid dienone is 1. The minimum Gasteiger partial charge on any atom is -0.375 e. The van der Waals surface area contributed by atoms with Crippen molar-refractivity contribution >= 4 is 0 Å². The summed E-state index contributed by atoms with van der Waals surface area (Å²) in [6.07, 6.45) is 2.85. The zero-order valence-electron chi connectivity index (χ0n) is 10.0. The highest BCUT2D eigenvalue weighted by Gasteiger charge is 2.16. The predicted octanol–water partition coefficient (Wildman–Crippen LogP) is 2.30. The lowest BCUT2D eigenvalue weighted by Gasteiger charge is -2.33. The van der Waals surface area contributed by atoms with Gasteiger partial charge < -0.3 is 10.6 Å². The van der Waals surface area contributed by atoms with Crippen LogP contribution in [0.3, 0.4) is 0 Å². The highest BCUT2D eigenvalue weighted by molar-refractivity contribution is 5.21. The average Bonchev–Trinajstić information content (AvgIpc) is 2.33. The quantitative estimate of drug-likeness (QED) is 0.869. The molecule has 1 saturated heterocycles. The zero-order chi connectivity index (χ0) is 12.3. The van der Waals surface area contributed by atoms with Crippen molar-refractivity contribution in [2.24, 2.45) is 5.73 Å². The first-order valence-electron chi connectivity index (χ1n) is 6.08. The summed E-state index contributed by atoms with van der Waals surface area (Å²) in [4.78, 5) is 2.28. The van der Waals surface area contributed by atoms with Crippen molar-refractivity contribution in [3.8, 4) is 0 Å². The van der Waals surface area contributed by atoms with Crippen LogP contribution in [0.25, 0.3) is 0 Å². The van der Waals surface area contributed by atoms with Crippen molar-refractivity contribution < 1.29 is 4.39 Å². The van der Waals surface area contributed by atoms with Gasteiger partial charge in [0, 0.05) is 31.2 Å². The fourth-order valence-corrected chi connectivity index (χ4v) is 2.17. The number of hydrogen-bond donors (Lipinski definition) is 1. The maximum Gasteiger partial charge on any atom is 0.123 e. The molecule has 92 valence electrons. The molecule has 17 heavy (non-hydrogen) atoms. The molecule has 0 amide bonds. The van der Waals surface area contributed by atoms with Gasteiger partial charge in [-0.3, -0.25) is 0 Å². The van der Waals surface area contributed by atoms with Gasteiger partial charge in [-0.2, -0.15) is 0 Å². The van der Waals surface area contributed by atoms with E-state index in [9.17, 15) is 4.39 Å². The van der Waals surface area contributed by atoms with E-state index in [0.717, 1.165) is 43.6 Å². The summed E-state index contributed by atoms with van der Waals surface area (Å²) >= 11 is 0. The molecule has 1 fully saturated rings. The SMILES string of the molecule is C=C(Cc1ccc(F)cc1)N1CCC(N)CC1. The molecule has 0 atom stereocenters. The molecule has 0 aromatic heterocycles. The molecule has 0 unspecified atom stereocenters. The van der Waals surface area contributed by atoms with E-state index in [1.54, 1.807) is 0 Å². The summed E-state index contributed by atoms with van der Waals surface area (Å²) < 4.78 is 12.8. The van der Waals surface area contributed by atoms with Crippen LogP contribution in [-0.2, 0) is 6.42 Å². The van der Waals surface area contributed by atoms with Gasteiger partial charge in [-0.15, -0.1) is 0 Å². The molecule has 3 heteroatoms. The fourth-order valence-electron chi connectivity index (χ4n) is 2.17. The molecule has 1 aromatic rings. The van der Waals surface area contributed by atoms with Crippen LogP contribution >= 0.6 is 0 Å². The maximum atomic E-state index is 12.8. The lowest BCUT2D eigenvalue weighted by molar-refractivity contribution is 0.260. The first-order valence-corrected chi connectivity index (χ1v) is 6.08. The van der Waals surface area contributed by atoms with E-state index in [-0.39, 0.29) is 5.82 Å². The van der Waals surface area contributed by atoms with E-state index in [0.29, 0.717) is 6.04 Å². The van der Waals surface area contributed by atoms with Crippen molar-refractivity contribution in [1.29, 1.82) is 0 Å². The zero-order valence-corrected chi connectivity index (χ0v) is 10.0. The Morgan fingerprint density at radius 1 is 1.29 bits per heavy atom. The van der Waals surface area contributed by atoms with E-state index in [1.807, 2.05) is 12.1 Å². The van der Waals surface area contributed by atoms with Crippen molar-refractivity contribution in [3.05, 3.63) is 47.9 Å². The number of halogens is 1. The van der Waals surface area contributed by atoms with E-state index < -0.39 is 0 Å². The average molecular weight is 234 g/mol. The molecule has 0 bridgehead atoms. The van der Waals surface area contributed by atoms with Gasteiger partial charge in [0.15, 0.2) is 0 Å². The first kappa shape index (κ1) is 12.1. The van der Waals surface area contributed by atoms with Crippen LogP contribution in [0.15, 0.2) is 36.5 Å². The molecule has 0 saturated carbocycles. The molecule has 1 aliphatic rings. The standard InChI is InChI=1S/C14H19FN2/c1-11(17-8-6-14(16)7-9-17)10-12-2-4-13(15)5-3-12/h2-5,14H,1,6-10,16H2. The van der Waals surface area contributed by atoms with Gasteiger partial charge in [-0.25, -0.2) is 4.39 Å². The second-order valence-electron chi connectivity index (χ2n) is 4.69. The van der Waals surface area contributed by atoms with Gasteiger partial charge in [0.05, 0.1) is 0 Å². The molecular weight excluding hydrogens is 215 g/mol. The minimum atomic E-state index is -0.191. The number of rotatable bonds is 3. The number of nitrogens with zero attached hydrogens (tertiary/aromatic N) is 1. The molecule has 0 aliphatic carbocycles. The van der Waals surface area contributed by atoms with Crippen LogP contribution in [0.2, 0.25) is 0 Å². The third-order valence-electron chi connectivity index (χ3n) is 3.31. The Labute approximate surface area is 102 Å². The fraction of sp³-hybridized carbons (Fsp3) is 0.429. The molecule has 2 nitrogen and oxygen atoms in total. The maximum absolute atomic E-state index is 12.8. The Hall–Kier alpha value is -1.35. The normalized spacial score (nSPS) is 17.2. The van der Waals surface area contributed by atoms with Crippen molar-refractivity contribution in [1.82, 2.24) is 4.90 Å². The van der Waals surface area contributed by atoms with E-state index in [2.05, 4.69) is 11.5 Å². The molecule has 0 spiro atoms. The summed E-state index contributed by atoms with van der Waals surface area (Å²) in [6, 6.07) is 6.96. The van der Waals surface area contributed by atoms with Crippen LogP contribution in [0, 0.1) is 5.82 Å². The van der Waals surface area contributed by atoms with Crippen molar-refractivity contribution in [3.63, 3.8) is 0 Å². The summed E-state index contributed by atoms with van der Waals surface area (Å²) in [7, 11) is 0. The Balaban J connectivity index is 1.90. The predicted molar refractivity (Wildman–Crippen MR) is 68.0 cm³/mol. The second-order valence-corrected chi connectivity index (χ2v) is 4.69. The van der Waals surface area contributed by atoms with Crippen LogP contribution in [-0.4, -0.2) is 24.0 Å². The molecule has 0 radical (unpaired) electrons. The lowest BCUT2D eigenvalue weighted by atomic mass is 10.0. The van der Waals surface area contributed by atoms with E-state index in [4.69, 9.17) is 5.73 Å².